The van der Waals surface area contributed by atoms with Gasteiger partial charge in [0.15, 0.2) is 0 Å². The van der Waals surface area contributed by atoms with Crippen molar-refractivity contribution in [2.24, 2.45) is 0 Å². The van der Waals surface area contributed by atoms with Crippen LogP contribution in [-0.4, -0.2) is 22.8 Å². The average molecular weight is 332 g/mol. The molecule has 1 aliphatic rings. The van der Waals surface area contributed by atoms with Gasteiger partial charge in [-0.3, -0.25) is 9.59 Å². The van der Waals surface area contributed by atoms with Gasteiger partial charge in [0.1, 0.15) is 11.9 Å². The molecule has 0 radical (unpaired) electrons. The Labute approximate surface area is 137 Å². The van der Waals surface area contributed by atoms with Gasteiger partial charge in [-0.1, -0.05) is 18.2 Å². The number of amides is 2. The molecule has 2 heterocycles. The van der Waals surface area contributed by atoms with Gasteiger partial charge in [-0.15, -0.1) is 11.3 Å². The van der Waals surface area contributed by atoms with Crippen LogP contribution in [0.3, 0.4) is 0 Å². The largest absolute Gasteiger partial charge is 0.350 e. The molecule has 0 saturated carbocycles. The summed E-state index contributed by atoms with van der Waals surface area (Å²) in [5.41, 5.74) is 0.701. The molecule has 3 rings (SSSR count). The molecule has 0 aliphatic carbocycles. The summed E-state index contributed by atoms with van der Waals surface area (Å²) in [7, 11) is 0. The molecule has 1 unspecified atom stereocenters. The molecular weight excluding hydrogens is 315 g/mol. The molecule has 1 aliphatic heterocycles. The minimum Gasteiger partial charge on any atom is -0.350 e. The molecule has 4 nitrogen and oxygen atoms in total. The third-order valence-corrected chi connectivity index (χ3v) is 4.75. The van der Waals surface area contributed by atoms with E-state index < -0.39 is 6.04 Å². The van der Waals surface area contributed by atoms with Crippen LogP contribution >= 0.6 is 11.3 Å². The molecule has 0 bridgehead atoms. The van der Waals surface area contributed by atoms with Crippen LogP contribution in [0.5, 0.6) is 0 Å². The molecule has 1 N–H and O–H groups in total. The quantitative estimate of drug-likeness (QED) is 0.915. The lowest BCUT2D eigenvalue weighted by Crippen LogP contribution is -2.44. The summed E-state index contributed by atoms with van der Waals surface area (Å²) in [5, 5.41) is 4.76. The average Bonchev–Trinajstić information content (AvgIpc) is 3.16. The van der Waals surface area contributed by atoms with Crippen LogP contribution in [0.1, 0.15) is 23.3 Å². The van der Waals surface area contributed by atoms with Crippen LogP contribution in [-0.2, 0) is 22.7 Å². The van der Waals surface area contributed by atoms with Crippen molar-refractivity contribution in [2.45, 2.75) is 32.0 Å². The predicted octanol–water partition coefficient (Wildman–Crippen LogP) is 2.69. The molecule has 1 aromatic carbocycles. The maximum absolute atomic E-state index is 13.2. The van der Waals surface area contributed by atoms with Crippen molar-refractivity contribution in [1.29, 1.82) is 0 Å². The zero-order valence-electron chi connectivity index (χ0n) is 12.5. The summed E-state index contributed by atoms with van der Waals surface area (Å²) < 4.78 is 13.2. The lowest BCUT2D eigenvalue weighted by Gasteiger charge is -2.23. The Morgan fingerprint density at radius 1 is 1.35 bits per heavy atom. The first-order chi connectivity index (χ1) is 11.1. The van der Waals surface area contributed by atoms with E-state index in [0.717, 1.165) is 4.88 Å². The fourth-order valence-corrected chi connectivity index (χ4v) is 3.43. The van der Waals surface area contributed by atoms with Gasteiger partial charge in [-0.25, -0.2) is 4.39 Å². The SMILES string of the molecule is O=C(NCc1cccc(F)c1)C1CCC(=O)N1Cc1cccs1. The van der Waals surface area contributed by atoms with E-state index >= 15 is 0 Å². The van der Waals surface area contributed by atoms with Gasteiger partial charge in [0.2, 0.25) is 11.8 Å². The zero-order chi connectivity index (χ0) is 16.2. The highest BCUT2D eigenvalue weighted by atomic mass is 32.1. The molecule has 120 valence electrons. The lowest BCUT2D eigenvalue weighted by atomic mass is 10.2. The summed E-state index contributed by atoms with van der Waals surface area (Å²) in [6.07, 6.45) is 0.919. The van der Waals surface area contributed by atoms with E-state index in [1.807, 2.05) is 17.5 Å². The Kier molecular flexibility index (Phi) is 4.71. The number of likely N-dealkylation sites (tertiary alicyclic amines) is 1. The lowest BCUT2D eigenvalue weighted by molar-refractivity contribution is -0.135. The number of thiophene rings is 1. The van der Waals surface area contributed by atoms with Crippen molar-refractivity contribution in [1.82, 2.24) is 10.2 Å². The van der Waals surface area contributed by atoms with Crippen LogP contribution in [0.15, 0.2) is 41.8 Å². The molecule has 1 saturated heterocycles. The first-order valence-electron chi connectivity index (χ1n) is 7.47. The topological polar surface area (TPSA) is 49.4 Å². The molecule has 2 amide bonds. The third kappa shape index (κ3) is 3.76. The summed E-state index contributed by atoms with van der Waals surface area (Å²) in [5.74, 6) is -0.506. The van der Waals surface area contributed by atoms with Crippen LogP contribution in [0.2, 0.25) is 0 Å². The number of nitrogens with one attached hydrogen (secondary N) is 1. The van der Waals surface area contributed by atoms with Crippen LogP contribution in [0, 0.1) is 5.82 Å². The molecule has 23 heavy (non-hydrogen) atoms. The smallest absolute Gasteiger partial charge is 0.243 e. The monoisotopic (exact) mass is 332 g/mol. The number of hydrogen-bond acceptors (Lipinski definition) is 3. The maximum Gasteiger partial charge on any atom is 0.243 e. The second-order valence-corrected chi connectivity index (χ2v) is 6.54. The van der Waals surface area contributed by atoms with Crippen molar-refractivity contribution in [2.75, 3.05) is 0 Å². The number of halogens is 1. The van der Waals surface area contributed by atoms with E-state index in [4.69, 9.17) is 0 Å². The first-order valence-corrected chi connectivity index (χ1v) is 8.35. The highest BCUT2D eigenvalue weighted by Gasteiger charge is 2.35. The van der Waals surface area contributed by atoms with Gasteiger partial charge in [0.25, 0.3) is 0 Å². The fourth-order valence-electron chi connectivity index (χ4n) is 2.73. The number of carbonyl (C=O) groups is 2. The number of carbonyl (C=O) groups excluding carboxylic acids is 2. The highest BCUT2D eigenvalue weighted by Crippen LogP contribution is 2.23. The van der Waals surface area contributed by atoms with E-state index in [0.29, 0.717) is 24.9 Å². The van der Waals surface area contributed by atoms with E-state index in [-0.39, 0.29) is 24.2 Å². The standard InChI is InChI=1S/C17H17FN2O2S/c18-13-4-1-3-12(9-13)10-19-17(22)15-6-7-16(21)20(15)11-14-5-2-8-23-14/h1-5,8-9,15H,6-7,10-11H2,(H,19,22). The Morgan fingerprint density at radius 2 is 2.22 bits per heavy atom. The van der Waals surface area contributed by atoms with Gasteiger partial charge >= 0.3 is 0 Å². The number of benzene rings is 1. The van der Waals surface area contributed by atoms with E-state index in [2.05, 4.69) is 5.32 Å². The minimum absolute atomic E-state index is 0.00399. The molecule has 6 heteroatoms. The molecule has 0 spiro atoms. The zero-order valence-corrected chi connectivity index (χ0v) is 13.3. The van der Waals surface area contributed by atoms with Crippen molar-refractivity contribution >= 4 is 23.2 Å². The third-order valence-electron chi connectivity index (χ3n) is 3.89. The molecule has 1 atom stereocenters. The van der Waals surface area contributed by atoms with Crippen molar-refractivity contribution in [3.8, 4) is 0 Å². The van der Waals surface area contributed by atoms with Crippen LogP contribution in [0.25, 0.3) is 0 Å². The Hall–Kier alpha value is -2.21. The molecule has 1 fully saturated rings. The Bertz CT molecular complexity index is 702. The Morgan fingerprint density at radius 3 is 2.96 bits per heavy atom. The second-order valence-electron chi connectivity index (χ2n) is 5.50. The van der Waals surface area contributed by atoms with Crippen LogP contribution in [0.4, 0.5) is 4.39 Å². The van der Waals surface area contributed by atoms with Gasteiger partial charge in [-0.2, -0.15) is 0 Å². The fraction of sp³-hybridized carbons (Fsp3) is 0.294. The van der Waals surface area contributed by atoms with Crippen molar-refractivity contribution in [3.05, 3.63) is 58.0 Å². The van der Waals surface area contributed by atoms with Gasteiger partial charge in [0, 0.05) is 17.8 Å². The number of rotatable bonds is 5. The molecular formula is C17H17FN2O2S. The van der Waals surface area contributed by atoms with E-state index in [9.17, 15) is 14.0 Å². The minimum atomic E-state index is -0.446. The predicted molar refractivity (Wildman–Crippen MR) is 86.1 cm³/mol. The van der Waals surface area contributed by atoms with Crippen LogP contribution < -0.4 is 5.32 Å². The molecule has 2 aromatic rings. The summed E-state index contributed by atoms with van der Waals surface area (Å²) in [6.45, 7) is 0.725. The summed E-state index contributed by atoms with van der Waals surface area (Å²) in [6, 6.07) is 9.56. The maximum atomic E-state index is 13.2. The van der Waals surface area contributed by atoms with Gasteiger partial charge in [-0.05, 0) is 35.6 Å². The molecule has 1 aromatic heterocycles. The second kappa shape index (κ2) is 6.91. The van der Waals surface area contributed by atoms with Crippen molar-refractivity contribution in [3.63, 3.8) is 0 Å². The first kappa shape index (κ1) is 15.7. The Balaban J connectivity index is 1.62. The van der Waals surface area contributed by atoms with Gasteiger partial charge < -0.3 is 10.2 Å². The van der Waals surface area contributed by atoms with Crippen molar-refractivity contribution < 1.29 is 14.0 Å². The number of hydrogen-bond donors (Lipinski definition) is 1. The summed E-state index contributed by atoms with van der Waals surface area (Å²) >= 11 is 1.57. The van der Waals surface area contributed by atoms with Gasteiger partial charge in [0.05, 0.1) is 6.54 Å². The van der Waals surface area contributed by atoms with E-state index in [1.165, 1.54) is 12.1 Å². The number of nitrogens with zero attached hydrogens (tertiary/aromatic N) is 1. The van der Waals surface area contributed by atoms with E-state index in [1.54, 1.807) is 28.4 Å². The highest BCUT2D eigenvalue weighted by molar-refractivity contribution is 7.09. The normalized spacial score (nSPS) is 17.5. The summed E-state index contributed by atoms with van der Waals surface area (Å²) in [4.78, 5) is 27.1.